The zero-order valence-electron chi connectivity index (χ0n) is 12.0. The van der Waals surface area contributed by atoms with Gasteiger partial charge in [-0.2, -0.15) is 0 Å². The molecule has 0 heteroatoms. The van der Waals surface area contributed by atoms with Crippen molar-refractivity contribution in [3.05, 3.63) is 72.4 Å². The average molecular weight is 230 g/mol. The summed E-state index contributed by atoms with van der Waals surface area (Å²) in [7, 11) is 0. The normalized spacial score (nSPS) is 11.8. The number of hydrogen-bond acceptors (Lipinski definition) is 0. The lowest BCUT2D eigenvalue weighted by molar-refractivity contribution is 1.42. The van der Waals surface area contributed by atoms with Crippen LogP contribution in [0.25, 0.3) is 0 Å². The highest BCUT2D eigenvalue weighted by Crippen LogP contribution is 2.10. The summed E-state index contributed by atoms with van der Waals surface area (Å²) in [5.74, 6) is 0. The van der Waals surface area contributed by atoms with Crippen LogP contribution < -0.4 is 0 Å². The first-order chi connectivity index (χ1) is 7.97. The number of rotatable bonds is 5. The Morgan fingerprint density at radius 2 is 1.41 bits per heavy atom. The summed E-state index contributed by atoms with van der Waals surface area (Å²) in [4.78, 5) is 0. The van der Waals surface area contributed by atoms with Crippen LogP contribution in [0.4, 0.5) is 0 Å². The summed E-state index contributed by atoms with van der Waals surface area (Å²) in [6.07, 6.45) is 9.84. The van der Waals surface area contributed by atoms with Gasteiger partial charge in [0.25, 0.3) is 0 Å². The van der Waals surface area contributed by atoms with Gasteiger partial charge in [-0.1, -0.05) is 75.1 Å². The molecule has 0 saturated carbocycles. The molecule has 0 aromatic carbocycles. The lowest BCUT2D eigenvalue weighted by Crippen LogP contribution is -1.78. The molecule has 0 aliphatic rings. The van der Waals surface area contributed by atoms with Crippen LogP contribution in [-0.2, 0) is 0 Å². The maximum absolute atomic E-state index is 3.98. The summed E-state index contributed by atoms with van der Waals surface area (Å²) in [5.41, 5.74) is 4.33. The Morgan fingerprint density at radius 1 is 0.882 bits per heavy atom. The van der Waals surface area contributed by atoms with Crippen molar-refractivity contribution in [2.45, 2.75) is 34.6 Å². The Hall–Kier alpha value is -1.56. The highest BCUT2D eigenvalue weighted by Gasteiger charge is 1.90. The predicted octanol–water partition coefficient (Wildman–Crippen LogP) is 5.78. The zero-order valence-corrected chi connectivity index (χ0v) is 12.0. The van der Waals surface area contributed by atoms with E-state index >= 15 is 0 Å². The molecule has 0 amide bonds. The molecule has 0 heterocycles. The highest BCUT2D eigenvalue weighted by atomic mass is 14.0. The first-order valence-electron chi connectivity index (χ1n) is 5.98. The Balaban J connectivity index is 0. The Bertz CT molecular complexity index is 346. The standard InChI is InChI=1S/C15H20.C2H6/c1-7-13(4)9-11-15(6)14(5)10-8-12(2)3;1-2/h7-11H,1-2,5H2,3-4,6H3;1-2H3/b10-8-,13-9-,15-11+;. The fourth-order valence-electron chi connectivity index (χ4n) is 0.806. The molecular weight excluding hydrogens is 204 g/mol. The molecule has 0 rings (SSSR count). The van der Waals surface area contributed by atoms with Gasteiger partial charge in [0.15, 0.2) is 0 Å². The molecule has 0 bridgehead atoms. The molecule has 0 atom stereocenters. The molecule has 0 nitrogen and oxygen atoms in total. The van der Waals surface area contributed by atoms with Gasteiger partial charge in [-0.3, -0.25) is 0 Å². The van der Waals surface area contributed by atoms with Gasteiger partial charge in [0.1, 0.15) is 0 Å². The predicted molar refractivity (Wildman–Crippen MR) is 82.2 cm³/mol. The van der Waals surface area contributed by atoms with Gasteiger partial charge in [0.2, 0.25) is 0 Å². The van der Waals surface area contributed by atoms with Crippen molar-refractivity contribution in [2.24, 2.45) is 0 Å². The largest absolute Gasteiger partial charge is 0.0988 e. The van der Waals surface area contributed by atoms with Gasteiger partial charge in [-0.15, -0.1) is 0 Å². The van der Waals surface area contributed by atoms with E-state index in [4.69, 9.17) is 0 Å². The molecule has 0 aromatic rings. The summed E-state index contributed by atoms with van der Waals surface area (Å²) in [5, 5.41) is 0. The molecular formula is C17H26. The first kappa shape index (κ1) is 17.8. The van der Waals surface area contributed by atoms with E-state index in [1.807, 2.05) is 65.0 Å². The molecule has 17 heavy (non-hydrogen) atoms. The third-order valence-electron chi connectivity index (χ3n) is 1.99. The molecule has 0 spiro atoms. The minimum absolute atomic E-state index is 1.01. The second kappa shape index (κ2) is 10.9. The summed E-state index contributed by atoms with van der Waals surface area (Å²) in [6, 6.07) is 0. The average Bonchev–Trinajstić information content (AvgIpc) is 2.34. The van der Waals surface area contributed by atoms with Crippen LogP contribution in [-0.4, -0.2) is 0 Å². The van der Waals surface area contributed by atoms with E-state index in [1.54, 1.807) is 0 Å². The van der Waals surface area contributed by atoms with Crippen molar-refractivity contribution in [2.75, 3.05) is 0 Å². The van der Waals surface area contributed by atoms with Crippen LogP contribution in [0.15, 0.2) is 72.4 Å². The van der Waals surface area contributed by atoms with Crippen molar-refractivity contribution < 1.29 is 0 Å². The third kappa shape index (κ3) is 10.7. The second-order valence-electron chi connectivity index (χ2n) is 3.67. The minimum Gasteiger partial charge on any atom is -0.0988 e. The van der Waals surface area contributed by atoms with Crippen LogP contribution in [0.2, 0.25) is 0 Å². The van der Waals surface area contributed by atoms with E-state index in [0.29, 0.717) is 0 Å². The molecule has 0 aromatic heterocycles. The third-order valence-corrected chi connectivity index (χ3v) is 1.99. The lowest BCUT2D eigenvalue weighted by Gasteiger charge is -1.98. The molecule has 0 unspecified atom stereocenters. The van der Waals surface area contributed by atoms with Crippen molar-refractivity contribution in [1.29, 1.82) is 0 Å². The molecule has 0 aliphatic heterocycles. The number of allylic oxidation sites excluding steroid dienone is 9. The van der Waals surface area contributed by atoms with Crippen LogP contribution in [0.3, 0.4) is 0 Å². The van der Waals surface area contributed by atoms with Crippen LogP contribution in [0.1, 0.15) is 34.6 Å². The van der Waals surface area contributed by atoms with E-state index < -0.39 is 0 Å². The van der Waals surface area contributed by atoms with E-state index in [2.05, 4.69) is 19.7 Å². The lowest BCUT2D eigenvalue weighted by atomic mass is 10.1. The minimum atomic E-state index is 1.01. The van der Waals surface area contributed by atoms with Gasteiger partial charge < -0.3 is 0 Å². The Kier molecular flexibility index (Phi) is 11.5. The van der Waals surface area contributed by atoms with Crippen molar-refractivity contribution >= 4 is 0 Å². The SMILES string of the molecule is C=C/C(C)=C\C=C(/C)C(=C)/C=C\C(=C)C.CC. The van der Waals surface area contributed by atoms with Crippen molar-refractivity contribution in [3.63, 3.8) is 0 Å². The number of hydrogen-bond donors (Lipinski definition) is 0. The van der Waals surface area contributed by atoms with Gasteiger partial charge >= 0.3 is 0 Å². The maximum Gasteiger partial charge on any atom is -0.0299 e. The Labute approximate surface area is 107 Å². The van der Waals surface area contributed by atoms with Crippen LogP contribution in [0, 0.1) is 0 Å². The van der Waals surface area contributed by atoms with Gasteiger partial charge in [0, 0.05) is 0 Å². The molecule has 0 saturated heterocycles. The fourth-order valence-corrected chi connectivity index (χ4v) is 0.806. The highest BCUT2D eigenvalue weighted by molar-refractivity contribution is 5.40. The maximum atomic E-state index is 3.98. The van der Waals surface area contributed by atoms with E-state index in [0.717, 1.165) is 22.3 Å². The molecule has 0 fully saturated rings. The summed E-state index contributed by atoms with van der Waals surface area (Å²) >= 11 is 0. The molecule has 0 aliphatic carbocycles. The molecule has 94 valence electrons. The summed E-state index contributed by atoms with van der Waals surface area (Å²) in [6.45, 7) is 21.5. The van der Waals surface area contributed by atoms with Crippen LogP contribution >= 0.6 is 0 Å². The fraction of sp³-hybridized carbons (Fsp3) is 0.294. The monoisotopic (exact) mass is 230 g/mol. The van der Waals surface area contributed by atoms with E-state index in [-0.39, 0.29) is 0 Å². The zero-order chi connectivity index (χ0) is 13.8. The topological polar surface area (TPSA) is 0 Å². The van der Waals surface area contributed by atoms with Gasteiger partial charge in [-0.25, -0.2) is 0 Å². The second-order valence-corrected chi connectivity index (χ2v) is 3.67. The van der Waals surface area contributed by atoms with Gasteiger partial charge in [-0.05, 0) is 31.9 Å². The van der Waals surface area contributed by atoms with Crippen molar-refractivity contribution in [3.8, 4) is 0 Å². The van der Waals surface area contributed by atoms with E-state index in [9.17, 15) is 0 Å². The van der Waals surface area contributed by atoms with Crippen LogP contribution in [0.5, 0.6) is 0 Å². The first-order valence-corrected chi connectivity index (χ1v) is 5.98. The van der Waals surface area contributed by atoms with Crippen molar-refractivity contribution in [1.82, 2.24) is 0 Å². The Morgan fingerprint density at radius 3 is 1.82 bits per heavy atom. The smallest absolute Gasteiger partial charge is 0.0299 e. The molecule has 0 radical (unpaired) electrons. The van der Waals surface area contributed by atoms with E-state index in [1.165, 1.54) is 0 Å². The quantitative estimate of drug-likeness (QED) is 0.525. The molecule has 0 N–H and O–H groups in total. The van der Waals surface area contributed by atoms with Gasteiger partial charge in [0.05, 0.1) is 0 Å². The summed E-state index contributed by atoms with van der Waals surface area (Å²) < 4.78 is 0.